The Morgan fingerprint density at radius 3 is 2.29 bits per heavy atom. The van der Waals surface area contributed by atoms with E-state index in [9.17, 15) is 9.90 Å². The van der Waals surface area contributed by atoms with Gasteiger partial charge in [-0.2, -0.15) is 0 Å². The zero-order valence-corrected chi connectivity index (χ0v) is 11.1. The fourth-order valence-corrected chi connectivity index (χ4v) is 2.19. The van der Waals surface area contributed by atoms with Crippen LogP contribution in [0.1, 0.15) is 10.4 Å². The number of benzene rings is 3. The van der Waals surface area contributed by atoms with Crippen molar-refractivity contribution >= 4 is 22.4 Å². The maximum absolute atomic E-state index is 12.2. The molecule has 0 heterocycles. The van der Waals surface area contributed by atoms with Crippen LogP contribution in [0.15, 0.2) is 60.7 Å². The fraction of sp³-hybridized carbons (Fsp3) is 0. The molecule has 3 rings (SSSR count). The SMILES string of the molecule is Nc1cc(C(=O)Oc2ccccc2)c(O)c2ccccc12. The number of para-hydroxylation sites is 1. The molecule has 0 atom stereocenters. The van der Waals surface area contributed by atoms with E-state index in [1.165, 1.54) is 6.07 Å². The molecular weight excluding hydrogens is 266 g/mol. The second-order valence-corrected chi connectivity index (χ2v) is 4.61. The molecule has 0 radical (unpaired) electrons. The Bertz CT molecular complexity index is 813. The number of hydrogen-bond acceptors (Lipinski definition) is 4. The van der Waals surface area contributed by atoms with Crippen LogP contribution in [-0.4, -0.2) is 11.1 Å². The number of esters is 1. The number of phenols is 1. The number of phenolic OH excluding ortho intramolecular Hbond substituents is 1. The molecule has 3 N–H and O–H groups in total. The van der Waals surface area contributed by atoms with Crippen molar-refractivity contribution in [3.05, 3.63) is 66.2 Å². The lowest BCUT2D eigenvalue weighted by atomic mass is 10.0. The van der Waals surface area contributed by atoms with Gasteiger partial charge in [-0.1, -0.05) is 42.5 Å². The highest BCUT2D eigenvalue weighted by atomic mass is 16.5. The van der Waals surface area contributed by atoms with Gasteiger partial charge in [0.05, 0.1) is 0 Å². The van der Waals surface area contributed by atoms with E-state index >= 15 is 0 Å². The summed E-state index contributed by atoms with van der Waals surface area (Å²) in [6.07, 6.45) is 0. The van der Waals surface area contributed by atoms with E-state index in [2.05, 4.69) is 0 Å². The van der Waals surface area contributed by atoms with Crippen LogP contribution in [0.3, 0.4) is 0 Å². The van der Waals surface area contributed by atoms with E-state index in [0.29, 0.717) is 22.2 Å². The van der Waals surface area contributed by atoms with E-state index in [1.807, 2.05) is 12.1 Å². The minimum Gasteiger partial charge on any atom is -0.506 e. The molecule has 0 amide bonds. The largest absolute Gasteiger partial charge is 0.506 e. The third-order valence-electron chi connectivity index (χ3n) is 3.22. The summed E-state index contributed by atoms with van der Waals surface area (Å²) in [5.41, 5.74) is 6.41. The molecule has 4 nitrogen and oxygen atoms in total. The van der Waals surface area contributed by atoms with Gasteiger partial charge in [-0.3, -0.25) is 0 Å². The van der Waals surface area contributed by atoms with Crippen molar-refractivity contribution < 1.29 is 14.6 Å². The number of carbonyl (C=O) groups excluding carboxylic acids is 1. The number of nitrogens with two attached hydrogens (primary N) is 1. The highest BCUT2D eigenvalue weighted by molar-refractivity contribution is 6.06. The Labute approximate surface area is 121 Å². The van der Waals surface area contributed by atoms with Crippen LogP contribution in [0.25, 0.3) is 10.8 Å². The molecular formula is C17H13NO3. The van der Waals surface area contributed by atoms with Gasteiger partial charge in [-0.15, -0.1) is 0 Å². The number of aromatic hydroxyl groups is 1. The van der Waals surface area contributed by atoms with Crippen LogP contribution < -0.4 is 10.5 Å². The van der Waals surface area contributed by atoms with E-state index < -0.39 is 5.97 Å². The summed E-state index contributed by atoms with van der Waals surface area (Å²) in [7, 11) is 0. The maximum atomic E-state index is 12.2. The molecule has 0 unspecified atom stereocenters. The first-order chi connectivity index (χ1) is 10.2. The Hall–Kier alpha value is -3.01. The first-order valence-corrected chi connectivity index (χ1v) is 6.44. The second kappa shape index (κ2) is 5.17. The Morgan fingerprint density at radius 1 is 0.952 bits per heavy atom. The minimum absolute atomic E-state index is 0.0510. The monoisotopic (exact) mass is 279 g/mol. The summed E-state index contributed by atoms with van der Waals surface area (Å²) in [6.45, 7) is 0. The molecule has 4 heteroatoms. The van der Waals surface area contributed by atoms with Gasteiger partial charge in [-0.05, 0) is 18.2 Å². The summed E-state index contributed by atoms with van der Waals surface area (Å²) < 4.78 is 5.23. The van der Waals surface area contributed by atoms with Crippen LogP contribution >= 0.6 is 0 Å². The molecule has 0 saturated heterocycles. The van der Waals surface area contributed by atoms with E-state index in [1.54, 1.807) is 42.5 Å². The number of ether oxygens (including phenoxy) is 1. The van der Waals surface area contributed by atoms with E-state index in [4.69, 9.17) is 10.5 Å². The summed E-state index contributed by atoms with van der Waals surface area (Å²) >= 11 is 0. The highest BCUT2D eigenvalue weighted by Gasteiger charge is 2.17. The number of rotatable bonds is 2. The zero-order chi connectivity index (χ0) is 14.8. The van der Waals surface area contributed by atoms with Gasteiger partial charge >= 0.3 is 5.97 Å². The average molecular weight is 279 g/mol. The number of hydrogen-bond donors (Lipinski definition) is 2. The lowest BCUT2D eigenvalue weighted by Gasteiger charge is -2.10. The summed E-state index contributed by atoms with van der Waals surface area (Å²) in [4.78, 5) is 12.2. The van der Waals surface area contributed by atoms with Crippen molar-refractivity contribution in [2.24, 2.45) is 0 Å². The van der Waals surface area contributed by atoms with Crippen LogP contribution in [0.4, 0.5) is 5.69 Å². The molecule has 0 spiro atoms. The molecule has 104 valence electrons. The van der Waals surface area contributed by atoms with Crippen molar-refractivity contribution in [2.45, 2.75) is 0 Å². The van der Waals surface area contributed by atoms with Gasteiger partial charge in [0, 0.05) is 16.5 Å². The first-order valence-electron chi connectivity index (χ1n) is 6.44. The van der Waals surface area contributed by atoms with Gasteiger partial charge in [-0.25, -0.2) is 4.79 Å². The molecule has 0 saturated carbocycles. The van der Waals surface area contributed by atoms with Gasteiger partial charge in [0.15, 0.2) is 0 Å². The molecule has 0 aliphatic heterocycles. The van der Waals surface area contributed by atoms with Gasteiger partial charge in [0.2, 0.25) is 0 Å². The summed E-state index contributed by atoms with van der Waals surface area (Å²) in [5.74, 6) is -0.356. The minimum atomic E-state index is -0.642. The van der Waals surface area contributed by atoms with Crippen molar-refractivity contribution in [1.82, 2.24) is 0 Å². The van der Waals surface area contributed by atoms with Crippen LogP contribution in [-0.2, 0) is 0 Å². The standard InChI is InChI=1S/C17H13NO3/c18-15-10-14(16(19)13-9-5-4-8-12(13)15)17(20)21-11-6-2-1-3-7-11/h1-10,19H,18H2. The number of nitrogen functional groups attached to an aromatic ring is 1. The predicted molar refractivity (Wildman–Crippen MR) is 81.4 cm³/mol. The number of fused-ring (bicyclic) bond motifs is 1. The molecule has 0 aliphatic rings. The Morgan fingerprint density at radius 2 is 1.57 bits per heavy atom. The molecule has 0 aromatic heterocycles. The number of carbonyl (C=O) groups is 1. The third kappa shape index (κ3) is 2.39. The van der Waals surface area contributed by atoms with Crippen molar-refractivity contribution in [2.75, 3.05) is 5.73 Å². The highest BCUT2D eigenvalue weighted by Crippen LogP contribution is 2.33. The molecule has 0 aliphatic carbocycles. The topological polar surface area (TPSA) is 72.6 Å². The maximum Gasteiger partial charge on any atom is 0.347 e. The third-order valence-corrected chi connectivity index (χ3v) is 3.22. The van der Waals surface area contributed by atoms with Crippen LogP contribution in [0.5, 0.6) is 11.5 Å². The Kier molecular flexibility index (Phi) is 3.20. The lowest BCUT2D eigenvalue weighted by Crippen LogP contribution is -2.09. The zero-order valence-electron chi connectivity index (χ0n) is 11.1. The Balaban J connectivity index is 2.04. The lowest BCUT2D eigenvalue weighted by molar-refractivity contribution is 0.0732. The molecule has 3 aromatic rings. The van der Waals surface area contributed by atoms with Crippen molar-refractivity contribution in [1.29, 1.82) is 0 Å². The summed E-state index contributed by atoms with van der Waals surface area (Å²) in [6, 6.07) is 17.2. The van der Waals surface area contributed by atoms with Crippen LogP contribution in [0, 0.1) is 0 Å². The van der Waals surface area contributed by atoms with Crippen molar-refractivity contribution in [3.63, 3.8) is 0 Å². The molecule has 0 bridgehead atoms. The predicted octanol–water partition coefficient (Wildman–Crippen LogP) is 3.35. The molecule has 0 fully saturated rings. The van der Waals surface area contributed by atoms with E-state index in [-0.39, 0.29) is 11.3 Å². The normalized spacial score (nSPS) is 10.5. The van der Waals surface area contributed by atoms with Gasteiger partial charge < -0.3 is 15.6 Å². The smallest absolute Gasteiger partial charge is 0.347 e. The van der Waals surface area contributed by atoms with Crippen molar-refractivity contribution in [3.8, 4) is 11.5 Å². The first kappa shape index (κ1) is 13.0. The quantitative estimate of drug-likeness (QED) is 0.326. The fourth-order valence-electron chi connectivity index (χ4n) is 2.19. The van der Waals surface area contributed by atoms with E-state index in [0.717, 1.165) is 0 Å². The molecule has 3 aromatic carbocycles. The van der Waals surface area contributed by atoms with Gasteiger partial charge in [0.25, 0.3) is 0 Å². The average Bonchev–Trinajstić information content (AvgIpc) is 2.52. The second-order valence-electron chi connectivity index (χ2n) is 4.61. The van der Waals surface area contributed by atoms with Gasteiger partial charge in [0.1, 0.15) is 17.1 Å². The van der Waals surface area contributed by atoms with Crippen LogP contribution in [0.2, 0.25) is 0 Å². The molecule has 21 heavy (non-hydrogen) atoms. The number of anilines is 1. The summed E-state index contributed by atoms with van der Waals surface area (Å²) in [5, 5.41) is 11.5.